The molecule has 0 fully saturated rings. The van der Waals surface area contributed by atoms with E-state index >= 15 is 0 Å². The van der Waals surface area contributed by atoms with Gasteiger partial charge in [-0.3, -0.25) is 10.4 Å². The maximum absolute atomic E-state index is 5.57. The number of rotatable bonds is 0. The smallest absolute Gasteiger partial charge is 0.123 e. The van der Waals surface area contributed by atoms with Gasteiger partial charge in [0.25, 0.3) is 0 Å². The highest BCUT2D eigenvalue weighted by Gasteiger charge is 2.25. The lowest BCUT2D eigenvalue weighted by molar-refractivity contribution is 0.336. The molecule has 0 spiro atoms. The maximum atomic E-state index is 5.57. The van der Waals surface area contributed by atoms with Crippen molar-refractivity contribution in [3.8, 4) is 0 Å². The van der Waals surface area contributed by atoms with Crippen LogP contribution < -0.4 is 16.6 Å². The van der Waals surface area contributed by atoms with Crippen LogP contribution in [0.15, 0.2) is 41.2 Å². The Bertz CT molecular complexity index is 451. The Morgan fingerprint density at radius 1 is 1.33 bits per heavy atom. The van der Waals surface area contributed by atoms with E-state index in [-0.39, 0.29) is 6.04 Å². The topological polar surface area (TPSA) is 65.7 Å². The highest BCUT2D eigenvalue weighted by atomic mass is 15.7. The fraction of sp³-hybridized carbons (Fsp3) is 0.100. The molecule has 1 atom stereocenters. The van der Waals surface area contributed by atoms with Gasteiger partial charge in [0, 0.05) is 17.5 Å². The minimum absolute atomic E-state index is 0.0299. The van der Waals surface area contributed by atoms with Crippen molar-refractivity contribution in [2.45, 2.75) is 6.04 Å². The minimum atomic E-state index is 0.0299. The van der Waals surface area contributed by atoms with Crippen molar-refractivity contribution in [3.63, 3.8) is 0 Å². The number of para-hydroxylation sites is 1. The van der Waals surface area contributed by atoms with Crippen molar-refractivity contribution in [2.24, 2.45) is 10.8 Å². The van der Waals surface area contributed by atoms with Crippen LogP contribution >= 0.6 is 0 Å². The number of benzene rings is 1. The van der Waals surface area contributed by atoms with Crippen LogP contribution in [0, 0.1) is 0 Å². The van der Waals surface area contributed by atoms with E-state index in [1.165, 1.54) is 5.12 Å². The van der Waals surface area contributed by atoms with Gasteiger partial charge in [-0.15, -0.1) is 0 Å². The third kappa shape index (κ3) is 1.25. The number of anilines is 1. The second-order valence-electron chi connectivity index (χ2n) is 3.52. The largest absolute Gasteiger partial charge is 0.360 e. The first-order chi connectivity index (χ1) is 7.34. The number of nitrogens with one attached hydrogen (secondary N) is 2. The predicted octanol–water partition coefficient (Wildman–Crippen LogP) is 0.717. The molecule has 5 nitrogen and oxygen atoms in total. The van der Waals surface area contributed by atoms with Gasteiger partial charge in [-0.05, 0) is 6.07 Å². The summed E-state index contributed by atoms with van der Waals surface area (Å²) in [6.45, 7) is 0. The van der Waals surface area contributed by atoms with Gasteiger partial charge in [0.05, 0.1) is 5.70 Å². The summed E-state index contributed by atoms with van der Waals surface area (Å²) in [6.07, 6.45) is 3.48. The number of nitrogens with zero attached hydrogens (tertiary/aromatic N) is 2. The second-order valence-corrected chi connectivity index (χ2v) is 3.52. The fourth-order valence-corrected chi connectivity index (χ4v) is 1.84. The van der Waals surface area contributed by atoms with Crippen LogP contribution in [0.25, 0.3) is 0 Å². The summed E-state index contributed by atoms with van der Waals surface area (Å²) in [5, 5.41) is 4.55. The van der Waals surface area contributed by atoms with E-state index in [0.717, 1.165) is 16.9 Å². The predicted molar refractivity (Wildman–Crippen MR) is 58.5 cm³/mol. The molecule has 2 heterocycles. The average Bonchev–Trinajstić information content (AvgIpc) is 2.28. The van der Waals surface area contributed by atoms with Crippen LogP contribution in [-0.4, -0.2) is 11.5 Å². The quantitative estimate of drug-likeness (QED) is 0.541. The SMILES string of the molecule is NN1C=NC2C(=CNc3ccccc32)N1. The first-order valence-corrected chi connectivity index (χ1v) is 4.74. The highest BCUT2D eigenvalue weighted by Crippen LogP contribution is 2.34. The molecule has 2 aliphatic rings. The third-order valence-electron chi connectivity index (χ3n) is 2.53. The first kappa shape index (κ1) is 8.31. The van der Waals surface area contributed by atoms with Gasteiger partial charge in [-0.25, -0.2) is 11.0 Å². The van der Waals surface area contributed by atoms with Crippen molar-refractivity contribution in [2.75, 3.05) is 5.32 Å². The lowest BCUT2D eigenvalue weighted by Gasteiger charge is -2.31. The number of hydrogen-bond donors (Lipinski definition) is 3. The molecule has 0 radical (unpaired) electrons. The van der Waals surface area contributed by atoms with Crippen molar-refractivity contribution in [1.82, 2.24) is 10.5 Å². The lowest BCUT2D eigenvalue weighted by Crippen LogP contribution is -2.46. The summed E-state index contributed by atoms with van der Waals surface area (Å²) < 4.78 is 0. The molecule has 0 aromatic heterocycles. The molecule has 0 amide bonds. The maximum Gasteiger partial charge on any atom is 0.123 e. The zero-order chi connectivity index (χ0) is 10.3. The molecule has 1 unspecified atom stereocenters. The summed E-state index contributed by atoms with van der Waals surface area (Å²) in [6, 6.07) is 8.13. The molecule has 0 saturated carbocycles. The summed E-state index contributed by atoms with van der Waals surface area (Å²) in [4.78, 5) is 4.38. The monoisotopic (exact) mass is 201 g/mol. The van der Waals surface area contributed by atoms with E-state index in [1.807, 2.05) is 24.4 Å². The molecule has 3 rings (SSSR count). The molecular formula is C10H11N5. The molecule has 15 heavy (non-hydrogen) atoms. The van der Waals surface area contributed by atoms with Crippen molar-refractivity contribution >= 4 is 12.0 Å². The van der Waals surface area contributed by atoms with Crippen molar-refractivity contribution < 1.29 is 0 Å². The van der Waals surface area contributed by atoms with E-state index in [4.69, 9.17) is 5.84 Å². The van der Waals surface area contributed by atoms with Gasteiger partial charge in [-0.2, -0.15) is 0 Å². The summed E-state index contributed by atoms with van der Waals surface area (Å²) in [5.41, 5.74) is 6.23. The van der Waals surface area contributed by atoms with Crippen LogP contribution in [0.2, 0.25) is 0 Å². The molecule has 1 aromatic carbocycles. The molecular weight excluding hydrogens is 190 g/mol. The zero-order valence-electron chi connectivity index (χ0n) is 8.01. The Balaban J connectivity index is 2.08. The van der Waals surface area contributed by atoms with Crippen LogP contribution in [0.3, 0.4) is 0 Å². The van der Waals surface area contributed by atoms with Gasteiger partial charge < -0.3 is 5.32 Å². The number of hydrazine groups is 2. The molecule has 2 aliphatic heterocycles. The zero-order valence-corrected chi connectivity index (χ0v) is 8.01. The van der Waals surface area contributed by atoms with E-state index in [0.29, 0.717) is 0 Å². The molecule has 0 saturated heterocycles. The van der Waals surface area contributed by atoms with Gasteiger partial charge >= 0.3 is 0 Å². The Kier molecular flexibility index (Phi) is 1.66. The molecule has 1 aromatic rings. The van der Waals surface area contributed by atoms with Crippen LogP contribution in [0.1, 0.15) is 11.6 Å². The Hall–Kier alpha value is -2.01. The Labute approximate surface area is 87.2 Å². The summed E-state index contributed by atoms with van der Waals surface area (Å²) in [5.74, 6) is 5.57. The lowest BCUT2D eigenvalue weighted by atomic mass is 10.00. The fourth-order valence-electron chi connectivity index (χ4n) is 1.84. The molecule has 76 valence electrons. The van der Waals surface area contributed by atoms with E-state index in [9.17, 15) is 0 Å². The van der Waals surface area contributed by atoms with E-state index in [2.05, 4.69) is 21.8 Å². The van der Waals surface area contributed by atoms with Gasteiger partial charge in [0.1, 0.15) is 12.4 Å². The number of hydrogen-bond acceptors (Lipinski definition) is 5. The van der Waals surface area contributed by atoms with Crippen LogP contribution in [-0.2, 0) is 0 Å². The van der Waals surface area contributed by atoms with Crippen molar-refractivity contribution in [3.05, 3.63) is 41.7 Å². The summed E-state index contributed by atoms with van der Waals surface area (Å²) in [7, 11) is 0. The molecule has 0 aliphatic carbocycles. The standard InChI is InChI=1S/C10H11N5/c11-15-6-13-10-7-3-1-2-4-8(7)12-5-9(10)14-15/h1-6,10,12,14H,11H2. The number of nitrogens with two attached hydrogens (primary N) is 1. The highest BCUT2D eigenvalue weighted by molar-refractivity contribution is 5.64. The summed E-state index contributed by atoms with van der Waals surface area (Å²) >= 11 is 0. The van der Waals surface area contributed by atoms with Gasteiger partial charge in [0.2, 0.25) is 0 Å². The third-order valence-corrected chi connectivity index (χ3v) is 2.53. The molecule has 5 heteroatoms. The van der Waals surface area contributed by atoms with Crippen molar-refractivity contribution in [1.29, 1.82) is 0 Å². The van der Waals surface area contributed by atoms with E-state index in [1.54, 1.807) is 6.34 Å². The van der Waals surface area contributed by atoms with Gasteiger partial charge in [-0.1, -0.05) is 18.2 Å². The van der Waals surface area contributed by atoms with Crippen LogP contribution in [0.5, 0.6) is 0 Å². The average molecular weight is 201 g/mol. The number of aliphatic imine (C=N–C) groups is 1. The minimum Gasteiger partial charge on any atom is -0.360 e. The first-order valence-electron chi connectivity index (χ1n) is 4.74. The molecule has 4 N–H and O–H groups in total. The number of fused-ring (bicyclic) bond motifs is 3. The molecule has 0 bridgehead atoms. The van der Waals surface area contributed by atoms with Gasteiger partial charge in [0.15, 0.2) is 0 Å². The van der Waals surface area contributed by atoms with Crippen LogP contribution in [0.4, 0.5) is 5.69 Å². The second kappa shape index (κ2) is 2.99. The Morgan fingerprint density at radius 3 is 3.13 bits per heavy atom. The normalized spacial score (nSPS) is 22.1. The van der Waals surface area contributed by atoms with E-state index < -0.39 is 0 Å². The Morgan fingerprint density at radius 2 is 2.20 bits per heavy atom.